The Balaban J connectivity index is 1.47. The van der Waals surface area contributed by atoms with E-state index in [1.165, 1.54) is 10.6 Å². The van der Waals surface area contributed by atoms with E-state index in [1.807, 2.05) is 25.1 Å². The van der Waals surface area contributed by atoms with Crippen LogP contribution >= 0.6 is 23.2 Å². The first kappa shape index (κ1) is 20.8. The van der Waals surface area contributed by atoms with Crippen molar-refractivity contribution in [1.82, 2.24) is 5.32 Å². The van der Waals surface area contributed by atoms with Gasteiger partial charge in [0.15, 0.2) is 6.54 Å². The van der Waals surface area contributed by atoms with Gasteiger partial charge in [0, 0.05) is 15.7 Å². The molecule has 0 saturated carbocycles. The second-order valence-electron chi connectivity index (χ2n) is 7.07. The fourth-order valence-electron chi connectivity index (χ4n) is 3.50. The van der Waals surface area contributed by atoms with E-state index in [0.717, 1.165) is 37.5 Å². The van der Waals surface area contributed by atoms with Crippen molar-refractivity contribution in [3.63, 3.8) is 0 Å². The standard InChI is InChI=1S/C21H25Cl2N3O2/c1-15(19-8-3-16(22)13-20(19)23)24-21(27)14-25-9-11-26(12-10-25)17-4-6-18(28-2)7-5-17/h3-8,13,15H,9-12,14H2,1-2H3,(H,24,27)/p+1/t15-/m0/s1. The molecule has 28 heavy (non-hydrogen) atoms. The molecule has 2 aromatic carbocycles. The van der Waals surface area contributed by atoms with Crippen molar-refractivity contribution < 1.29 is 14.4 Å². The highest BCUT2D eigenvalue weighted by atomic mass is 35.5. The molecule has 1 heterocycles. The summed E-state index contributed by atoms with van der Waals surface area (Å²) >= 11 is 12.2. The summed E-state index contributed by atoms with van der Waals surface area (Å²) in [5, 5.41) is 4.20. The summed E-state index contributed by atoms with van der Waals surface area (Å²) in [5.41, 5.74) is 2.06. The van der Waals surface area contributed by atoms with Crippen LogP contribution in [0.15, 0.2) is 42.5 Å². The maximum absolute atomic E-state index is 12.5. The van der Waals surface area contributed by atoms with Crippen molar-refractivity contribution >= 4 is 34.8 Å². The molecule has 0 aromatic heterocycles. The summed E-state index contributed by atoms with van der Waals surface area (Å²) < 4.78 is 5.21. The minimum absolute atomic E-state index is 0.0337. The van der Waals surface area contributed by atoms with Gasteiger partial charge in [0.1, 0.15) is 5.75 Å². The Morgan fingerprint density at radius 2 is 1.86 bits per heavy atom. The first-order chi connectivity index (χ1) is 13.5. The van der Waals surface area contributed by atoms with Crippen LogP contribution in [0.25, 0.3) is 0 Å². The first-order valence-electron chi connectivity index (χ1n) is 9.43. The number of carbonyl (C=O) groups is 1. The number of hydrogen-bond donors (Lipinski definition) is 2. The van der Waals surface area contributed by atoms with E-state index in [4.69, 9.17) is 27.9 Å². The maximum Gasteiger partial charge on any atom is 0.275 e. The fourth-order valence-corrected chi connectivity index (χ4v) is 4.07. The van der Waals surface area contributed by atoms with Crippen LogP contribution < -0.4 is 19.9 Å². The fraction of sp³-hybridized carbons (Fsp3) is 0.381. The number of methoxy groups -OCH3 is 1. The van der Waals surface area contributed by atoms with E-state index in [1.54, 1.807) is 19.2 Å². The lowest BCUT2D eigenvalue weighted by atomic mass is 10.1. The molecular formula is C21H26Cl2N3O2+. The second-order valence-corrected chi connectivity index (χ2v) is 7.91. The molecule has 1 amide bonds. The molecule has 0 spiro atoms. The number of halogens is 2. The topological polar surface area (TPSA) is 46.0 Å². The van der Waals surface area contributed by atoms with Crippen molar-refractivity contribution in [2.24, 2.45) is 0 Å². The smallest absolute Gasteiger partial charge is 0.275 e. The molecule has 1 fully saturated rings. The zero-order valence-corrected chi connectivity index (χ0v) is 17.7. The molecule has 1 atom stereocenters. The number of nitrogens with zero attached hydrogens (tertiary/aromatic N) is 1. The third kappa shape index (κ3) is 5.31. The van der Waals surface area contributed by atoms with Gasteiger partial charge in [-0.15, -0.1) is 0 Å². The molecule has 0 unspecified atom stereocenters. The molecule has 0 radical (unpaired) electrons. The van der Waals surface area contributed by atoms with Crippen molar-refractivity contribution in [3.8, 4) is 5.75 Å². The third-order valence-corrected chi connectivity index (χ3v) is 5.69. The van der Waals surface area contributed by atoms with Gasteiger partial charge in [0.25, 0.3) is 5.91 Å². The van der Waals surface area contributed by atoms with Gasteiger partial charge in [-0.3, -0.25) is 4.79 Å². The highest BCUT2D eigenvalue weighted by Gasteiger charge is 2.23. The van der Waals surface area contributed by atoms with Crippen LogP contribution in [0, 0.1) is 0 Å². The lowest BCUT2D eigenvalue weighted by molar-refractivity contribution is -0.892. The molecule has 2 aromatic rings. The number of rotatable bonds is 6. The van der Waals surface area contributed by atoms with Gasteiger partial charge in [0.2, 0.25) is 0 Å². The van der Waals surface area contributed by atoms with Crippen molar-refractivity contribution in [1.29, 1.82) is 0 Å². The molecule has 1 aliphatic heterocycles. The van der Waals surface area contributed by atoms with Crippen LogP contribution in [0.3, 0.4) is 0 Å². The number of benzene rings is 2. The normalized spacial score (nSPS) is 15.9. The SMILES string of the molecule is COc1ccc(N2CC[NH+](CC(=O)N[C@@H](C)c3ccc(Cl)cc3Cl)CC2)cc1. The monoisotopic (exact) mass is 422 g/mol. The van der Waals surface area contributed by atoms with Crippen molar-refractivity contribution in [3.05, 3.63) is 58.1 Å². The zero-order valence-electron chi connectivity index (χ0n) is 16.2. The van der Waals surface area contributed by atoms with Gasteiger partial charge in [0.05, 0.1) is 39.3 Å². The lowest BCUT2D eigenvalue weighted by Gasteiger charge is -2.33. The van der Waals surface area contributed by atoms with Gasteiger partial charge in [-0.1, -0.05) is 29.3 Å². The summed E-state index contributed by atoms with van der Waals surface area (Å²) in [4.78, 5) is 16.1. The Kier molecular flexibility index (Phi) is 7.05. The number of anilines is 1. The molecule has 1 saturated heterocycles. The van der Waals surface area contributed by atoms with Gasteiger partial charge in [-0.05, 0) is 48.9 Å². The molecule has 1 aliphatic rings. The Hall–Kier alpha value is -1.95. The Morgan fingerprint density at radius 1 is 1.18 bits per heavy atom. The van der Waals surface area contributed by atoms with Crippen LogP contribution in [-0.4, -0.2) is 45.7 Å². The highest BCUT2D eigenvalue weighted by molar-refractivity contribution is 6.35. The quantitative estimate of drug-likeness (QED) is 0.751. The van der Waals surface area contributed by atoms with Gasteiger partial charge >= 0.3 is 0 Å². The molecule has 3 rings (SSSR count). The Bertz CT molecular complexity index is 806. The third-order valence-electron chi connectivity index (χ3n) is 5.13. The predicted octanol–water partition coefficient (Wildman–Crippen LogP) is 2.58. The van der Waals surface area contributed by atoms with Crippen LogP contribution in [0.5, 0.6) is 5.75 Å². The summed E-state index contributed by atoms with van der Waals surface area (Å²) in [6.07, 6.45) is 0. The number of nitrogens with one attached hydrogen (secondary N) is 2. The average molecular weight is 423 g/mol. The molecule has 2 N–H and O–H groups in total. The van der Waals surface area contributed by atoms with Crippen LogP contribution in [-0.2, 0) is 4.79 Å². The zero-order chi connectivity index (χ0) is 20.1. The van der Waals surface area contributed by atoms with Crippen LogP contribution in [0.2, 0.25) is 10.0 Å². The molecule has 7 heteroatoms. The number of carbonyl (C=O) groups excluding carboxylic acids is 1. The van der Waals surface area contributed by atoms with E-state index < -0.39 is 0 Å². The number of hydrogen-bond acceptors (Lipinski definition) is 3. The van der Waals surface area contributed by atoms with E-state index in [-0.39, 0.29) is 11.9 Å². The maximum atomic E-state index is 12.5. The number of ether oxygens (including phenoxy) is 1. The van der Waals surface area contributed by atoms with E-state index in [0.29, 0.717) is 16.6 Å². The van der Waals surface area contributed by atoms with Crippen LogP contribution in [0.4, 0.5) is 5.69 Å². The van der Waals surface area contributed by atoms with Crippen LogP contribution in [0.1, 0.15) is 18.5 Å². The first-order valence-corrected chi connectivity index (χ1v) is 10.2. The number of piperazine rings is 1. The molecule has 5 nitrogen and oxygen atoms in total. The molecule has 0 aliphatic carbocycles. The number of quaternary nitrogens is 1. The predicted molar refractivity (Wildman–Crippen MR) is 114 cm³/mol. The molecule has 150 valence electrons. The van der Waals surface area contributed by atoms with Gasteiger partial charge < -0.3 is 19.9 Å². The van der Waals surface area contributed by atoms with Crippen molar-refractivity contribution in [2.75, 3.05) is 44.7 Å². The minimum atomic E-state index is -0.155. The summed E-state index contributed by atoms with van der Waals surface area (Å²) in [5.74, 6) is 0.894. The summed E-state index contributed by atoms with van der Waals surface area (Å²) in [6.45, 7) is 6.10. The highest BCUT2D eigenvalue weighted by Crippen LogP contribution is 2.26. The van der Waals surface area contributed by atoms with Gasteiger partial charge in [-0.2, -0.15) is 0 Å². The largest absolute Gasteiger partial charge is 0.497 e. The molecular weight excluding hydrogens is 397 g/mol. The molecule has 0 bridgehead atoms. The van der Waals surface area contributed by atoms with E-state index >= 15 is 0 Å². The summed E-state index contributed by atoms with van der Waals surface area (Å²) in [7, 11) is 1.67. The van der Waals surface area contributed by atoms with E-state index in [2.05, 4.69) is 22.3 Å². The van der Waals surface area contributed by atoms with E-state index in [9.17, 15) is 4.79 Å². The van der Waals surface area contributed by atoms with Crippen molar-refractivity contribution in [2.45, 2.75) is 13.0 Å². The minimum Gasteiger partial charge on any atom is -0.497 e. The Morgan fingerprint density at radius 3 is 2.46 bits per heavy atom. The number of amides is 1. The lowest BCUT2D eigenvalue weighted by Crippen LogP contribution is -3.15. The Labute approximate surface area is 176 Å². The average Bonchev–Trinajstić information content (AvgIpc) is 2.68. The second kappa shape index (κ2) is 9.50. The summed E-state index contributed by atoms with van der Waals surface area (Å²) in [6, 6.07) is 13.3. The van der Waals surface area contributed by atoms with Gasteiger partial charge in [-0.25, -0.2) is 0 Å².